The van der Waals surface area contributed by atoms with Gasteiger partial charge in [-0.05, 0) is 109 Å². The Morgan fingerprint density at radius 3 is 0.802 bits per heavy atom. The molecule has 0 saturated heterocycles. The Morgan fingerprint density at radius 2 is 0.494 bits per heavy atom. The second kappa shape index (κ2) is 69.1. The summed E-state index contributed by atoms with van der Waals surface area (Å²) in [7, 11) is 0. The van der Waals surface area contributed by atoms with Crippen LogP contribution < -0.4 is 0 Å². The molecule has 0 bridgehead atoms. The van der Waals surface area contributed by atoms with Gasteiger partial charge in [-0.3, -0.25) is 14.4 Å². The third-order valence-electron chi connectivity index (χ3n) is 15.4. The van der Waals surface area contributed by atoms with E-state index in [4.69, 9.17) is 14.2 Å². The van der Waals surface area contributed by atoms with Gasteiger partial charge in [0.05, 0.1) is 0 Å². The van der Waals surface area contributed by atoms with E-state index in [1.165, 1.54) is 218 Å². The summed E-state index contributed by atoms with van der Waals surface area (Å²) < 4.78 is 17.0. The van der Waals surface area contributed by atoms with Crippen molar-refractivity contribution in [1.29, 1.82) is 0 Å². The molecule has 1 atom stereocenters. The Labute approximate surface area is 503 Å². The van der Waals surface area contributed by atoms with Crippen LogP contribution in [0, 0.1) is 0 Å². The number of rotatable bonds is 64. The molecule has 0 amide bonds. The maximum absolute atomic E-state index is 12.9. The highest BCUT2D eigenvalue weighted by atomic mass is 16.6. The number of hydrogen-bond acceptors (Lipinski definition) is 6. The van der Waals surface area contributed by atoms with Crippen LogP contribution in [0.1, 0.15) is 355 Å². The number of carbonyl (C=O) groups is 3. The highest BCUT2D eigenvalue weighted by Gasteiger charge is 2.19. The highest BCUT2D eigenvalue weighted by molar-refractivity contribution is 5.71. The third-order valence-corrected chi connectivity index (χ3v) is 15.4. The highest BCUT2D eigenvalue weighted by Crippen LogP contribution is 2.17. The molecule has 0 aromatic carbocycles. The van der Waals surface area contributed by atoms with Crippen molar-refractivity contribution in [3.05, 3.63) is 85.1 Å². The molecule has 6 nitrogen and oxygen atoms in total. The van der Waals surface area contributed by atoms with Crippen molar-refractivity contribution in [2.24, 2.45) is 0 Å². The van der Waals surface area contributed by atoms with E-state index in [1.54, 1.807) is 0 Å². The van der Waals surface area contributed by atoms with Gasteiger partial charge in [0.15, 0.2) is 6.10 Å². The Morgan fingerprint density at radius 1 is 0.259 bits per heavy atom. The van der Waals surface area contributed by atoms with E-state index in [9.17, 15) is 14.4 Å². The van der Waals surface area contributed by atoms with Crippen molar-refractivity contribution in [2.45, 2.75) is 361 Å². The van der Waals surface area contributed by atoms with Crippen LogP contribution in [0.2, 0.25) is 0 Å². The lowest BCUT2D eigenvalue weighted by atomic mass is 10.0. The zero-order valence-electron chi connectivity index (χ0n) is 53.8. The van der Waals surface area contributed by atoms with E-state index >= 15 is 0 Å². The van der Waals surface area contributed by atoms with Crippen LogP contribution in [-0.4, -0.2) is 37.2 Å². The normalized spacial score (nSPS) is 12.6. The van der Waals surface area contributed by atoms with Gasteiger partial charge >= 0.3 is 17.9 Å². The smallest absolute Gasteiger partial charge is 0.306 e. The summed E-state index contributed by atoms with van der Waals surface area (Å²) >= 11 is 0. The molecule has 0 aromatic heterocycles. The van der Waals surface area contributed by atoms with E-state index in [2.05, 4.69) is 106 Å². The molecule has 0 fully saturated rings. The molecule has 1 unspecified atom stereocenters. The summed E-state index contributed by atoms with van der Waals surface area (Å²) in [5.74, 6) is -0.873. The molecular formula is C75H132O6. The monoisotopic (exact) mass is 1130 g/mol. The van der Waals surface area contributed by atoms with Gasteiger partial charge in [-0.15, -0.1) is 0 Å². The Hall–Kier alpha value is -3.41. The molecule has 0 aliphatic carbocycles. The van der Waals surface area contributed by atoms with Gasteiger partial charge in [0.25, 0.3) is 0 Å². The summed E-state index contributed by atoms with van der Waals surface area (Å²) in [6.07, 6.45) is 91.9. The SMILES string of the molecule is CC/C=C\C/C=C\C/C=C\C/C=C\CCCCCCCCCCCCCCC(=O)OC(COC(=O)CCCCCCC/C=C\CCCC)COC(=O)CCCCCCCCCCCCCCCCC/C=C\C/C=C\CCCCCCC. The molecule has 0 N–H and O–H groups in total. The summed E-state index contributed by atoms with van der Waals surface area (Å²) in [6, 6.07) is 0. The van der Waals surface area contributed by atoms with Crippen molar-refractivity contribution in [3.63, 3.8) is 0 Å². The molecule has 468 valence electrons. The quantitative estimate of drug-likeness (QED) is 0.0261. The summed E-state index contributed by atoms with van der Waals surface area (Å²) in [6.45, 7) is 6.51. The first-order valence-corrected chi connectivity index (χ1v) is 35.1. The van der Waals surface area contributed by atoms with Gasteiger partial charge in [-0.25, -0.2) is 0 Å². The summed E-state index contributed by atoms with van der Waals surface area (Å²) in [4.78, 5) is 38.4. The zero-order chi connectivity index (χ0) is 58.5. The van der Waals surface area contributed by atoms with Gasteiger partial charge < -0.3 is 14.2 Å². The van der Waals surface area contributed by atoms with Crippen molar-refractivity contribution >= 4 is 17.9 Å². The minimum absolute atomic E-state index is 0.0770. The van der Waals surface area contributed by atoms with Crippen LogP contribution in [-0.2, 0) is 28.6 Å². The molecule has 0 spiro atoms. The minimum atomic E-state index is -0.781. The molecule has 0 aliphatic heterocycles. The van der Waals surface area contributed by atoms with E-state index < -0.39 is 6.10 Å². The Balaban J connectivity index is 4.21. The molecule has 0 aliphatic rings. The van der Waals surface area contributed by atoms with Crippen LogP contribution in [0.25, 0.3) is 0 Å². The first-order valence-electron chi connectivity index (χ1n) is 35.1. The maximum atomic E-state index is 12.9. The number of ether oxygens (including phenoxy) is 3. The standard InChI is InChI=1S/C75H132O6/c1-4-7-10-13-16-19-22-24-26-28-30-32-34-36-37-39-40-42-44-46-48-50-53-56-59-62-65-68-74(77)80-71-72(70-79-73(76)67-64-61-58-55-52-21-18-15-12-9-6-3)81-75(78)69-66-63-60-57-54-51-49-47-45-43-41-38-35-33-31-29-27-25-23-20-17-14-11-8-5-2/h8,11,15,17-18,20,22,24-25,27-28,30-31,33,72H,4-7,9-10,12-14,16,19,21,23,26,29,32,34-71H2,1-3H3/b11-8-,18-15-,20-17-,24-22-,27-25-,30-28-,33-31-. The van der Waals surface area contributed by atoms with E-state index in [-0.39, 0.29) is 31.1 Å². The molecule has 81 heavy (non-hydrogen) atoms. The molecule has 0 rings (SSSR count). The lowest BCUT2D eigenvalue weighted by Crippen LogP contribution is -2.30. The fourth-order valence-electron chi connectivity index (χ4n) is 10.1. The van der Waals surface area contributed by atoms with Crippen molar-refractivity contribution < 1.29 is 28.6 Å². The largest absolute Gasteiger partial charge is 0.462 e. The topological polar surface area (TPSA) is 78.9 Å². The second-order valence-corrected chi connectivity index (χ2v) is 23.4. The summed E-state index contributed by atoms with van der Waals surface area (Å²) in [5.41, 5.74) is 0. The third kappa shape index (κ3) is 67.3. The van der Waals surface area contributed by atoms with Gasteiger partial charge in [0.2, 0.25) is 0 Å². The van der Waals surface area contributed by atoms with Crippen molar-refractivity contribution in [2.75, 3.05) is 13.2 Å². The number of carbonyl (C=O) groups excluding carboxylic acids is 3. The van der Waals surface area contributed by atoms with E-state index in [0.717, 1.165) is 96.3 Å². The first kappa shape index (κ1) is 77.6. The van der Waals surface area contributed by atoms with Crippen LogP contribution in [0.4, 0.5) is 0 Å². The maximum Gasteiger partial charge on any atom is 0.306 e. The van der Waals surface area contributed by atoms with E-state index in [1.807, 2.05) is 0 Å². The zero-order valence-corrected chi connectivity index (χ0v) is 53.8. The fourth-order valence-corrected chi connectivity index (χ4v) is 10.1. The molecule has 0 heterocycles. The molecular weight excluding hydrogens is 997 g/mol. The minimum Gasteiger partial charge on any atom is -0.462 e. The Kier molecular flexibility index (Phi) is 66.2. The van der Waals surface area contributed by atoms with Crippen LogP contribution in [0.5, 0.6) is 0 Å². The lowest BCUT2D eigenvalue weighted by Gasteiger charge is -2.18. The molecule has 6 heteroatoms. The van der Waals surface area contributed by atoms with Gasteiger partial charge in [0.1, 0.15) is 13.2 Å². The predicted molar refractivity (Wildman–Crippen MR) is 353 cm³/mol. The van der Waals surface area contributed by atoms with Gasteiger partial charge in [-0.1, -0.05) is 311 Å². The van der Waals surface area contributed by atoms with E-state index in [0.29, 0.717) is 19.3 Å². The van der Waals surface area contributed by atoms with Crippen molar-refractivity contribution in [1.82, 2.24) is 0 Å². The van der Waals surface area contributed by atoms with Crippen molar-refractivity contribution in [3.8, 4) is 0 Å². The fraction of sp³-hybridized carbons (Fsp3) is 0.773. The average molecular weight is 1130 g/mol. The number of allylic oxidation sites excluding steroid dienone is 14. The number of unbranched alkanes of at least 4 members (excludes halogenated alkanes) is 39. The van der Waals surface area contributed by atoms with Gasteiger partial charge in [0, 0.05) is 19.3 Å². The molecule has 0 radical (unpaired) electrons. The lowest BCUT2D eigenvalue weighted by molar-refractivity contribution is -0.167. The molecule has 0 saturated carbocycles. The van der Waals surface area contributed by atoms with Gasteiger partial charge in [-0.2, -0.15) is 0 Å². The average Bonchev–Trinajstić information content (AvgIpc) is 3.47. The second-order valence-electron chi connectivity index (χ2n) is 23.4. The Bertz CT molecular complexity index is 1530. The number of hydrogen-bond donors (Lipinski definition) is 0. The summed E-state index contributed by atoms with van der Waals surface area (Å²) in [5, 5.41) is 0. The molecule has 0 aromatic rings. The predicted octanol–water partition coefficient (Wildman–Crippen LogP) is 24.2. The van der Waals surface area contributed by atoms with Crippen LogP contribution >= 0.6 is 0 Å². The first-order chi connectivity index (χ1) is 40.0. The van der Waals surface area contributed by atoms with Crippen LogP contribution in [0.15, 0.2) is 85.1 Å². The van der Waals surface area contributed by atoms with Crippen LogP contribution in [0.3, 0.4) is 0 Å². The number of esters is 3.